The second-order valence-corrected chi connectivity index (χ2v) is 5.38. The molecule has 2 N–H and O–H groups in total. The molecule has 0 spiro atoms. The number of nitrogens with one attached hydrogen (secondary N) is 2. The molecule has 0 radical (unpaired) electrons. The molecule has 0 aliphatic carbocycles. The van der Waals surface area contributed by atoms with Gasteiger partial charge in [-0.3, -0.25) is 4.79 Å². The Kier molecular flexibility index (Phi) is 7.02. The Bertz CT molecular complexity index is 461. The van der Waals surface area contributed by atoms with Crippen LogP contribution in [0.2, 0.25) is 0 Å². The minimum atomic E-state index is -0.567. The van der Waals surface area contributed by atoms with E-state index in [0.717, 1.165) is 18.7 Å². The SMILES string of the molecule is CNC(=O)C(C)Oc1cc(CNCC(C)C)ccc1OC. The third kappa shape index (κ3) is 5.63. The van der Waals surface area contributed by atoms with Crippen LogP contribution < -0.4 is 20.1 Å². The van der Waals surface area contributed by atoms with E-state index in [1.165, 1.54) is 0 Å². The van der Waals surface area contributed by atoms with Gasteiger partial charge in [0, 0.05) is 13.6 Å². The molecule has 0 aliphatic heterocycles. The van der Waals surface area contributed by atoms with Crippen molar-refractivity contribution in [3.63, 3.8) is 0 Å². The number of hydrogen-bond acceptors (Lipinski definition) is 4. The average Bonchev–Trinajstić information content (AvgIpc) is 2.46. The summed E-state index contributed by atoms with van der Waals surface area (Å²) in [5.41, 5.74) is 1.09. The molecule has 1 atom stereocenters. The molecule has 0 fully saturated rings. The van der Waals surface area contributed by atoms with Crippen LogP contribution in [0.1, 0.15) is 26.3 Å². The highest BCUT2D eigenvalue weighted by Gasteiger charge is 2.15. The molecule has 0 saturated heterocycles. The van der Waals surface area contributed by atoms with Crippen LogP contribution in [0.25, 0.3) is 0 Å². The monoisotopic (exact) mass is 294 g/mol. The minimum Gasteiger partial charge on any atom is -0.493 e. The Morgan fingerprint density at radius 3 is 2.52 bits per heavy atom. The molecule has 5 nitrogen and oxygen atoms in total. The number of benzene rings is 1. The van der Waals surface area contributed by atoms with E-state index in [1.54, 1.807) is 21.1 Å². The molecule has 0 heterocycles. The van der Waals surface area contributed by atoms with Crippen molar-refractivity contribution in [2.24, 2.45) is 5.92 Å². The van der Waals surface area contributed by atoms with Crippen molar-refractivity contribution in [2.75, 3.05) is 20.7 Å². The summed E-state index contributed by atoms with van der Waals surface area (Å²) in [6.45, 7) is 7.76. The van der Waals surface area contributed by atoms with E-state index in [2.05, 4.69) is 24.5 Å². The number of rotatable bonds is 8. The Labute approximate surface area is 127 Å². The van der Waals surface area contributed by atoms with Crippen LogP contribution in [0.4, 0.5) is 0 Å². The van der Waals surface area contributed by atoms with Gasteiger partial charge in [-0.25, -0.2) is 0 Å². The second kappa shape index (κ2) is 8.52. The highest BCUT2D eigenvalue weighted by atomic mass is 16.5. The van der Waals surface area contributed by atoms with Crippen LogP contribution in [0.5, 0.6) is 11.5 Å². The van der Waals surface area contributed by atoms with Gasteiger partial charge in [0.1, 0.15) is 0 Å². The van der Waals surface area contributed by atoms with Gasteiger partial charge in [0.15, 0.2) is 17.6 Å². The molecular formula is C16H26N2O3. The van der Waals surface area contributed by atoms with Crippen molar-refractivity contribution in [1.82, 2.24) is 10.6 Å². The summed E-state index contributed by atoms with van der Waals surface area (Å²) in [6.07, 6.45) is -0.567. The molecule has 118 valence electrons. The lowest BCUT2D eigenvalue weighted by molar-refractivity contribution is -0.126. The summed E-state index contributed by atoms with van der Waals surface area (Å²) >= 11 is 0. The van der Waals surface area contributed by atoms with E-state index < -0.39 is 6.10 Å². The zero-order chi connectivity index (χ0) is 15.8. The van der Waals surface area contributed by atoms with Gasteiger partial charge in [-0.15, -0.1) is 0 Å². The van der Waals surface area contributed by atoms with Crippen molar-refractivity contribution < 1.29 is 14.3 Å². The van der Waals surface area contributed by atoms with Crippen LogP contribution in [0, 0.1) is 5.92 Å². The van der Waals surface area contributed by atoms with Gasteiger partial charge in [-0.2, -0.15) is 0 Å². The Balaban J connectivity index is 2.77. The van der Waals surface area contributed by atoms with Crippen molar-refractivity contribution in [3.05, 3.63) is 23.8 Å². The number of ether oxygens (including phenoxy) is 2. The van der Waals surface area contributed by atoms with Crippen molar-refractivity contribution >= 4 is 5.91 Å². The number of carbonyl (C=O) groups is 1. The highest BCUT2D eigenvalue weighted by molar-refractivity contribution is 5.80. The standard InChI is InChI=1S/C16H26N2O3/c1-11(2)9-18-10-13-6-7-14(20-5)15(8-13)21-12(3)16(19)17-4/h6-8,11-12,18H,9-10H2,1-5H3,(H,17,19). The first kappa shape index (κ1) is 17.3. The molecule has 1 unspecified atom stereocenters. The molecule has 21 heavy (non-hydrogen) atoms. The maximum absolute atomic E-state index is 11.6. The van der Waals surface area contributed by atoms with Crippen LogP contribution >= 0.6 is 0 Å². The van der Waals surface area contributed by atoms with E-state index in [4.69, 9.17) is 9.47 Å². The van der Waals surface area contributed by atoms with E-state index in [9.17, 15) is 4.79 Å². The van der Waals surface area contributed by atoms with Gasteiger partial charge in [-0.1, -0.05) is 19.9 Å². The van der Waals surface area contributed by atoms with Crippen molar-refractivity contribution in [1.29, 1.82) is 0 Å². The molecule has 1 amide bonds. The van der Waals surface area contributed by atoms with Crippen LogP contribution in [-0.4, -0.2) is 32.7 Å². The quantitative estimate of drug-likeness (QED) is 0.769. The summed E-state index contributed by atoms with van der Waals surface area (Å²) in [6, 6.07) is 5.76. The smallest absolute Gasteiger partial charge is 0.260 e. The normalized spacial score (nSPS) is 12.1. The predicted octanol–water partition coefficient (Wildman–Crippen LogP) is 1.95. The number of methoxy groups -OCH3 is 1. The van der Waals surface area contributed by atoms with E-state index >= 15 is 0 Å². The first-order chi connectivity index (χ1) is 9.97. The number of hydrogen-bond donors (Lipinski definition) is 2. The zero-order valence-corrected chi connectivity index (χ0v) is 13.5. The maximum Gasteiger partial charge on any atom is 0.260 e. The van der Waals surface area contributed by atoms with Gasteiger partial charge >= 0.3 is 0 Å². The first-order valence-electron chi connectivity index (χ1n) is 7.23. The molecule has 0 saturated carbocycles. The molecule has 0 aromatic heterocycles. The molecular weight excluding hydrogens is 268 g/mol. The third-order valence-electron chi connectivity index (χ3n) is 3.03. The van der Waals surface area contributed by atoms with E-state index in [0.29, 0.717) is 17.4 Å². The van der Waals surface area contributed by atoms with Gasteiger partial charge in [-0.05, 0) is 37.1 Å². The highest BCUT2D eigenvalue weighted by Crippen LogP contribution is 2.29. The second-order valence-electron chi connectivity index (χ2n) is 5.38. The summed E-state index contributed by atoms with van der Waals surface area (Å²) in [5.74, 6) is 1.64. The van der Waals surface area contributed by atoms with Crippen LogP contribution in [0.15, 0.2) is 18.2 Å². The third-order valence-corrected chi connectivity index (χ3v) is 3.03. The molecule has 1 aromatic carbocycles. The molecule has 1 rings (SSSR count). The summed E-state index contributed by atoms with van der Waals surface area (Å²) in [7, 11) is 3.18. The van der Waals surface area contributed by atoms with Gasteiger partial charge in [0.05, 0.1) is 7.11 Å². The Hall–Kier alpha value is -1.75. The van der Waals surface area contributed by atoms with Gasteiger partial charge < -0.3 is 20.1 Å². The fraction of sp³-hybridized carbons (Fsp3) is 0.562. The first-order valence-corrected chi connectivity index (χ1v) is 7.23. The lowest BCUT2D eigenvalue weighted by atomic mass is 10.1. The predicted molar refractivity (Wildman–Crippen MR) is 83.7 cm³/mol. The number of carbonyl (C=O) groups excluding carboxylic acids is 1. The van der Waals surface area contributed by atoms with Crippen LogP contribution in [0.3, 0.4) is 0 Å². The van der Waals surface area contributed by atoms with Crippen molar-refractivity contribution in [2.45, 2.75) is 33.4 Å². The van der Waals surface area contributed by atoms with Crippen LogP contribution in [-0.2, 0) is 11.3 Å². The number of likely N-dealkylation sites (N-methyl/N-ethyl adjacent to an activating group) is 1. The fourth-order valence-corrected chi connectivity index (χ4v) is 1.88. The summed E-state index contributed by atoms with van der Waals surface area (Å²) in [5, 5.41) is 5.94. The fourth-order valence-electron chi connectivity index (χ4n) is 1.88. The molecule has 1 aromatic rings. The largest absolute Gasteiger partial charge is 0.493 e. The van der Waals surface area contributed by atoms with E-state index in [-0.39, 0.29) is 5.91 Å². The van der Waals surface area contributed by atoms with Crippen molar-refractivity contribution in [3.8, 4) is 11.5 Å². The minimum absolute atomic E-state index is 0.166. The maximum atomic E-state index is 11.6. The molecule has 0 aliphatic rings. The van der Waals surface area contributed by atoms with Gasteiger partial charge in [0.25, 0.3) is 5.91 Å². The average molecular weight is 294 g/mol. The lowest BCUT2D eigenvalue weighted by Crippen LogP contribution is -2.33. The Morgan fingerprint density at radius 1 is 1.24 bits per heavy atom. The zero-order valence-electron chi connectivity index (χ0n) is 13.5. The topological polar surface area (TPSA) is 59.6 Å². The molecule has 0 bridgehead atoms. The summed E-state index contributed by atoms with van der Waals surface area (Å²) in [4.78, 5) is 11.6. The number of amides is 1. The summed E-state index contributed by atoms with van der Waals surface area (Å²) < 4.78 is 11.0. The Morgan fingerprint density at radius 2 is 1.95 bits per heavy atom. The molecule has 5 heteroatoms. The van der Waals surface area contributed by atoms with Gasteiger partial charge in [0.2, 0.25) is 0 Å². The lowest BCUT2D eigenvalue weighted by Gasteiger charge is -2.17. The van der Waals surface area contributed by atoms with E-state index in [1.807, 2.05) is 18.2 Å².